The maximum atomic E-state index is 13.1. The number of nitrogens with one attached hydrogen (secondary N) is 1. The Kier molecular flexibility index (Phi) is 7.85. The first-order valence-corrected chi connectivity index (χ1v) is 14.7. The number of nitrogens with zero attached hydrogens (tertiary/aromatic N) is 4. The summed E-state index contributed by atoms with van der Waals surface area (Å²) in [5.41, 5.74) is 2.18. The fourth-order valence-corrected chi connectivity index (χ4v) is 6.32. The van der Waals surface area contributed by atoms with E-state index in [0.717, 1.165) is 40.0 Å². The molecule has 0 spiro atoms. The van der Waals surface area contributed by atoms with Gasteiger partial charge in [0.05, 0.1) is 16.5 Å². The van der Waals surface area contributed by atoms with Gasteiger partial charge in [-0.05, 0) is 55.3 Å². The molecule has 0 radical (unpaired) electrons. The number of halogens is 1. The highest BCUT2D eigenvalue weighted by Crippen LogP contribution is 2.27. The first-order valence-electron chi connectivity index (χ1n) is 12.5. The standard InChI is InChI=1S/C28H30BrN5O2S/c1-21(33-17-19-34(20-18-33)37(35,36)24-13-11-23(29)12-14-24)27-31-26-10-6-5-9-25(26)28(32-27)30-16-15-22-7-3-2-4-8-22/h2-14,21H,15-20H2,1H3,(H,30,31,32)/t21-/m1/s1. The summed E-state index contributed by atoms with van der Waals surface area (Å²) in [5, 5.41) is 4.52. The van der Waals surface area contributed by atoms with E-state index >= 15 is 0 Å². The van der Waals surface area contributed by atoms with Crippen molar-refractivity contribution >= 4 is 42.7 Å². The monoisotopic (exact) mass is 579 g/mol. The molecule has 1 N–H and O–H groups in total. The van der Waals surface area contributed by atoms with Crippen LogP contribution in [0.2, 0.25) is 0 Å². The molecule has 0 bridgehead atoms. The minimum absolute atomic E-state index is 0.0446. The molecule has 1 saturated heterocycles. The molecule has 4 aromatic rings. The predicted octanol–water partition coefficient (Wildman–Crippen LogP) is 5.11. The number of aromatic nitrogens is 2. The molecule has 0 unspecified atom stereocenters. The number of fused-ring (bicyclic) bond motifs is 1. The Morgan fingerprint density at radius 1 is 0.892 bits per heavy atom. The lowest BCUT2D eigenvalue weighted by molar-refractivity contribution is 0.141. The van der Waals surface area contributed by atoms with Gasteiger partial charge in [-0.25, -0.2) is 18.4 Å². The fraction of sp³-hybridized carbons (Fsp3) is 0.286. The highest BCUT2D eigenvalue weighted by Gasteiger charge is 2.31. The number of para-hydroxylation sites is 1. The van der Waals surface area contributed by atoms with E-state index in [2.05, 4.69) is 57.3 Å². The van der Waals surface area contributed by atoms with Gasteiger partial charge in [0.2, 0.25) is 10.0 Å². The molecule has 0 saturated carbocycles. The molecule has 1 aromatic heterocycles. The van der Waals surface area contributed by atoms with Crippen LogP contribution in [0.1, 0.15) is 24.4 Å². The number of hydrogen-bond acceptors (Lipinski definition) is 6. The van der Waals surface area contributed by atoms with Crippen LogP contribution in [-0.4, -0.2) is 60.3 Å². The van der Waals surface area contributed by atoms with Crippen LogP contribution < -0.4 is 5.32 Å². The molecule has 37 heavy (non-hydrogen) atoms. The Bertz CT molecular complexity index is 1460. The van der Waals surface area contributed by atoms with Crippen LogP contribution in [-0.2, 0) is 16.4 Å². The van der Waals surface area contributed by atoms with E-state index in [0.29, 0.717) is 31.1 Å². The molecule has 0 aliphatic carbocycles. The second kappa shape index (κ2) is 11.3. The van der Waals surface area contributed by atoms with Crippen LogP contribution in [0.3, 0.4) is 0 Å². The van der Waals surface area contributed by atoms with E-state index in [1.165, 1.54) is 5.56 Å². The second-order valence-electron chi connectivity index (χ2n) is 9.18. The van der Waals surface area contributed by atoms with Crippen LogP contribution in [0.4, 0.5) is 5.82 Å². The summed E-state index contributed by atoms with van der Waals surface area (Å²) < 4.78 is 28.6. The lowest BCUT2D eigenvalue weighted by Gasteiger charge is -2.36. The average molecular weight is 581 g/mol. The van der Waals surface area contributed by atoms with Gasteiger partial charge in [-0.3, -0.25) is 4.90 Å². The minimum Gasteiger partial charge on any atom is -0.369 e. The van der Waals surface area contributed by atoms with Crippen molar-refractivity contribution in [3.05, 3.63) is 94.7 Å². The Morgan fingerprint density at radius 3 is 2.30 bits per heavy atom. The zero-order chi connectivity index (χ0) is 25.8. The molecular weight excluding hydrogens is 550 g/mol. The lowest BCUT2D eigenvalue weighted by Crippen LogP contribution is -2.49. The molecule has 1 aliphatic heterocycles. The van der Waals surface area contributed by atoms with Gasteiger partial charge in [0, 0.05) is 42.6 Å². The third-order valence-electron chi connectivity index (χ3n) is 6.82. The topological polar surface area (TPSA) is 78.4 Å². The van der Waals surface area contributed by atoms with Gasteiger partial charge >= 0.3 is 0 Å². The average Bonchev–Trinajstić information content (AvgIpc) is 2.93. The molecule has 5 rings (SSSR count). The van der Waals surface area contributed by atoms with Crippen molar-refractivity contribution in [2.24, 2.45) is 0 Å². The Morgan fingerprint density at radius 2 is 1.57 bits per heavy atom. The van der Waals surface area contributed by atoms with Crippen molar-refractivity contribution in [1.29, 1.82) is 0 Å². The van der Waals surface area contributed by atoms with E-state index in [-0.39, 0.29) is 6.04 Å². The highest BCUT2D eigenvalue weighted by molar-refractivity contribution is 9.10. The van der Waals surface area contributed by atoms with Gasteiger partial charge in [-0.1, -0.05) is 58.4 Å². The second-order valence-corrected chi connectivity index (χ2v) is 12.0. The van der Waals surface area contributed by atoms with Gasteiger partial charge in [0.25, 0.3) is 0 Å². The summed E-state index contributed by atoms with van der Waals surface area (Å²) in [6, 6.07) is 25.2. The Hall–Kier alpha value is -2.85. The van der Waals surface area contributed by atoms with Crippen LogP contribution in [0.5, 0.6) is 0 Å². The molecule has 2 heterocycles. The molecule has 1 atom stereocenters. The van der Waals surface area contributed by atoms with Gasteiger partial charge in [-0.15, -0.1) is 0 Å². The number of rotatable bonds is 8. The maximum absolute atomic E-state index is 13.1. The van der Waals surface area contributed by atoms with Crippen LogP contribution in [0.25, 0.3) is 10.9 Å². The summed E-state index contributed by atoms with van der Waals surface area (Å²) >= 11 is 3.37. The lowest BCUT2D eigenvalue weighted by atomic mass is 10.1. The third-order valence-corrected chi connectivity index (χ3v) is 9.26. The number of piperazine rings is 1. The van der Waals surface area contributed by atoms with E-state index in [1.807, 2.05) is 30.3 Å². The summed E-state index contributed by atoms with van der Waals surface area (Å²) in [7, 11) is -3.52. The SMILES string of the molecule is C[C@H](c1nc(NCCc2ccccc2)c2ccccc2n1)N1CCN(S(=O)(=O)c2ccc(Br)cc2)CC1. The molecule has 192 valence electrons. The van der Waals surface area contributed by atoms with E-state index in [1.54, 1.807) is 28.6 Å². The summed E-state index contributed by atoms with van der Waals surface area (Å²) in [5.74, 6) is 1.57. The molecule has 0 amide bonds. The van der Waals surface area contributed by atoms with Crippen molar-refractivity contribution < 1.29 is 8.42 Å². The maximum Gasteiger partial charge on any atom is 0.243 e. The van der Waals surface area contributed by atoms with E-state index in [4.69, 9.17) is 9.97 Å². The Balaban J connectivity index is 1.29. The van der Waals surface area contributed by atoms with Crippen LogP contribution in [0, 0.1) is 0 Å². The van der Waals surface area contributed by atoms with E-state index < -0.39 is 10.0 Å². The molecule has 9 heteroatoms. The van der Waals surface area contributed by atoms with E-state index in [9.17, 15) is 8.42 Å². The first-order chi connectivity index (χ1) is 17.9. The molecule has 3 aromatic carbocycles. The summed E-state index contributed by atoms with van der Waals surface area (Å²) in [4.78, 5) is 12.4. The van der Waals surface area contributed by atoms with Crippen molar-refractivity contribution in [2.45, 2.75) is 24.3 Å². The molecule has 1 aliphatic rings. The minimum atomic E-state index is -3.52. The fourth-order valence-electron chi connectivity index (χ4n) is 4.64. The molecular formula is C28H30BrN5O2S. The number of anilines is 1. The number of sulfonamides is 1. The normalized spacial score (nSPS) is 16.1. The predicted molar refractivity (Wildman–Crippen MR) is 151 cm³/mol. The van der Waals surface area contributed by atoms with Gasteiger partial charge < -0.3 is 5.32 Å². The summed E-state index contributed by atoms with van der Waals surface area (Å²) in [6.07, 6.45) is 0.902. The van der Waals surface area contributed by atoms with Crippen molar-refractivity contribution in [3.63, 3.8) is 0 Å². The molecule has 7 nitrogen and oxygen atoms in total. The Labute approximate surface area is 226 Å². The molecule has 1 fully saturated rings. The number of hydrogen-bond donors (Lipinski definition) is 1. The largest absolute Gasteiger partial charge is 0.369 e. The van der Waals surface area contributed by atoms with Gasteiger partial charge in [0.15, 0.2) is 0 Å². The smallest absolute Gasteiger partial charge is 0.243 e. The van der Waals surface area contributed by atoms with Crippen LogP contribution >= 0.6 is 15.9 Å². The van der Waals surface area contributed by atoms with Crippen LogP contribution in [0.15, 0.2) is 88.2 Å². The van der Waals surface area contributed by atoms with Crippen molar-refractivity contribution in [2.75, 3.05) is 38.0 Å². The third kappa shape index (κ3) is 5.85. The van der Waals surface area contributed by atoms with Crippen molar-refractivity contribution in [1.82, 2.24) is 19.2 Å². The zero-order valence-electron chi connectivity index (χ0n) is 20.7. The highest BCUT2D eigenvalue weighted by atomic mass is 79.9. The summed E-state index contributed by atoms with van der Waals surface area (Å²) in [6.45, 7) is 4.95. The van der Waals surface area contributed by atoms with Gasteiger partial charge in [-0.2, -0.15) is 4.31 Å². The quantitative estimate of drug-likeness (QED) is 0.312. The van der Waals surface area contributed by atoms with Gasteiger partial charge in [0.1, 0.15) is 11.6 Å². The number of benzene rings is 3. The zero-order valence-corrected chi connectivity index (χ0v) is 23.1. The first kappa shape index (κ1) is 25.8. The van der Waals surface area contributed by atoms with Crippen molar-refractivity contribution in [3.8, 4) is 0 Å².